The van der Waals surface area contributed by atoms with Gasteiger partial charge < -0.3 is 24.1 Å². The molecule has 0 aromatic rings. The fraction of sp³-hybridized carbons (Fsp3) is 0.714. The molecule has 37 heavy (non-hydrogen) atoms. The number of carbonyl (C=O) groups is 4. The van der Waals surface area contributed by atoms with E-state index in [0.717, 1.165) is 0 Å². The van der Waals surface area contributed by atoms with E-state index in [1.165, 1.54) is 27.7 Å². The molecule has 0 saturated heterocycles. The van der Waals surface area contributed by atoms with Crippen LogP contribution in [0.4, 0.5) is 0 Å². The Hall–Kier alpha value is -2.68. The van der Waals surface area contributed by atoms with Crippen molar-refractivity contribution < 1.29 is 43.2 Å². The van der Waals surface area contributed by atoms with Crippen molar-refractivity contribution in [2.75, 3.05) is 0 Å². The number of esters is 4. The van der Waals surface area contributed by atoms with Gasteiger partial charge in [-0.25, -0.2) is 0 Å². The molecule has 3 aliphatic rings. The highest BCUT2D eigenvalue weighted by Crippen LogP contribution is 2.60. The smallest absolute Gasteiger partial charge is 0.303 e. The maximum Gasteiger partial charge on any atom is 0.303 e. The molecule has 0 radical (unpaired) electrons. The fourth-order valence-electron chi connectivity index (χ4n) is 7.09. The van der Waals surface area contributed by atoms with Gasteiger partial charge in [-0.3, -0.25) is 19.2 Å². The number of aliphatic hydroxyl groups is 1. The first-order valence-electron chi connectivity index (χ1n) is 12.8. The molecule has 2 fully saturated rings. The van der Waals surface area contributed by atoms with Crippen LogP contribution in [0.25, 0.3) is 0 Å². The summed E-state index contributed by atoms with van der Waals surface area (Å²) in [6, 6.07) is 0. The lowest BCUT2D eigenvalue weighted by atomic mass is 9.50. The van der Waals surface area contributed by atoms with Crippen LogP contribution >= 0.6 is 0 Å². The summed E-state index contributed by atoms with van der Waals surface area (Å²) in [6.07, 6.45) is -3.08. The summed E-state index contributed by atoms with van der Waals surface area (Å²) >= 11 is 0. The number of aliphatic hydroxyl groups excluding tert-OH is 1. The molecule has 1 unspecified atom stereocenters. The predicted octanol–water partition coefficient (Wildman–Crippen LogP) is 3.42. The molecule has 9 heteroatoms. The average Bonchev–Trinajstić information content (AvgIpc) is 2.74. The van der Waals surface area contributed by atoms with Crippen molar-refractivity contribution in [2.45, 2.75) is 105 Å². The second kappa shape index (κ2) is 10.2. The molecular weight excluding hydrogens is 480 g/mol. The summed E-state index contributed by atoms with van der Waals surface area (Å²) in [7, 11) is 0. The number of ether oxygens (including phenoxy) is 4. The van der Waals surface area contributed by atoms with E-state index < -0.39 is 71.1 Å². The molecule has 9 nitrogen and oxygen atoms in total. The lowest BCUT2D eigenvalue weighted by molar-refractivity contribution is -0.191. The fourth-order valence-corrected chi connectivity index (χ4v) is 7.09. The molecule has 2 bridgehead atoms. The quantitative estimate of drug-likeness (QED) is 0.337. The number of hydrogen-bond donors (Lipinski definition) is 1. The van der Waals surface area contributed by atoms with Crippen LogP contribution in [0.15, 0.2) is 23.3 Å². The molecule has 3 aliphatic carbocycles. The zero-order chi connectivity index (χ0) is 28.0. The van der Waals surface area contributed by atoms with E-state index in [2.05, 4.69) is 6.58 Å². The third-order valence-corrected chi connectivity index (χ3v) is 8.68. The van der Waals surface area contributed by atoms with Crippen molar-refractivity contribution >= 4 is 23.9 Å². The molecule has 0 amide bonds. The Morgan fingerprint density at radius 3 is 1.89 bits per heavy atom. The molecule has 0 aromatic carbocycles. The first-order valence-corrected chi connectivity index (χ1v) is 12.8. The van der Waals surface area contributed by atoms with Crippen LogP contribution in [-0.2, 0) is 38.1 Å². The molecule has 0 spiro atoms. The van der Waals surface area contributed by atoms with Crippen LogP contribution in [0.3, 0.4) is 0 Å². The van der Waals surface area contributed by atoms with Crippen molar-refractivity contribution in [2.24, 2.45) is 22.7 Å². The second-order valence-electron chi connectivity index (χ2n) is 11.5. The minimum absolute atomic E-state index is 0.370. The molecule has 0 heterocycles. The normalized spacial score (nSPS) is 36.9. The zero-order valence-electron chi connectivity index (χ0n) is 23.1. The van der Waals surface area contributed by atoms with Gasteiger partial charge in [0.05, 0.1) is 6.10 Å². The van der Waals surface area contributed by atoms with Crippen molar-refractivity contribution in [3.8, 4) is 0 Å². The van der Waals surface area contributed by atoms with E-state index in [1.54, 1.807) is 6.92 Å². The molecular formula is C28H40O9. The summed E-state index contributed by atoms with van der Waals surface area (Å²) < 4.78 is 23.1. The predicted molar refractivity (Wildman–Crippen MR) is 133 cm³/mol. The van der Waals surface area contributed by atoms with Crippen molar-refractivity contribution in [1.82, 2.24) is 0 Å². The Bertz CT molecular complexity index is 1020. The molecule has 0 aliphatic heterocycles. The maximum atomic E-state index is 12.5. The largest absolute Gasteiger partial charge is 0.458 e. The summed E-state index contributed by atoms with van der Waals surface area (Å²) in [5, 5.41) is 11.6. The van der Waals surface area contributed by atoms with Crippen LogP contribution in [0.2, 0.25) is 0 Å². The van der Waals surface area contributed by atoms with Crippen molar-refractivity contribution in [1.29, 1.82) is 0 Å². The molecule has 8 atom stereocenters. The van der Waals surface area contributed by atoms with Gasteiger partial charge in [0.25, 0.3) is 0 Å². The van der Waals surface area contributed by atoms with Gasteiger partial charge in [-0.1, -0.05) is 27.4 Å². The van der Waals surface area contributed by atoms with E-state index in [-0.39, 0.29) is 5.92 Å². The summed E-state index contributed by atoms with van der Waals surface area (Å²) in [5.41, 5.74) is 0.400. The van der Waals surface area contributed by atoms with E-state index >= 15 is 0 Å². The van der Waals surface area contributed by atoms with Crippen LogP contribution in [0.5, 0.6) is 0 Å². The van der Waals surface area contributed by atoms with Gasteiger partial charge in [0.2, 0.25) is 0 Å². The highest BCUT2D eigenvalue weighted by molar-refractivity contribution is 5.69. The summed E-state index contributed by atoms with van der Waals surface area (Å²) in [5.74, 6) is -2.88. The van der Waals surface area contributed by atoms with Gasteiger partial charge in [-0.2, -0.15) is 0 Å². The van der Waals surface area contributed by atoms with Crippen LogP contribution in [-0.4, -0.2) is 59.5 Å². The molecule has 0 aromatic heterocycles. The Labute approximate surface area is 218 Å². The summed E-state index contributed by atoms with van der Waals surface area (Å²) in [6.45, 7) is 17.1. The molecule has 206 valence electrons. The maximum absolute atomic E-state index is 12.5. The molecule has 2 saturated carbocycles. The number of fused-ring (bicyclic) bond motifs is 3. The second-order valence-corrected chi connectivity index (χ2v) is 11.5. The van der Waals surface area contributed by atoms with Crippen LogP contribution in [0, 0.1) is 22.7 Å². The Balaban J connectivity index is 2.32. The standard InChI is InChI=1S/C28H40O9/c1-13-19-12-20-23(33)24(35-16(4)30)14(2)22(27(20,7)8)25(36-17(5)31)26(37-18(6)32)28(19,9)11-10-21(13)34-15(3)29/h19-21,23-26,33H,1,10-12H2,2-9H3/t19-,20?,21-,23-,24-,25-,26+,28-/m1/s1. The monoisotopic (exact) mass is 520 g/mol. The highest BCUT2D eigenvalue weighted by atomic mass is 16.6. The lowest BCUT2D eigenvalue weighted by Gasteiger charge is -2.58. The van der Waals surface area contributed by atoms with E-state index in [4.69, 9.17) is 18.9 Å². The minimum Gasteiger partial charge on any atom is -0.458 e. The third kappa shape index (κ3) is 5.19. The number of rotatable bonds is 4. The van der Waals surface area contributed by atoms with Gasteiger partial charge >= 0.3 is 23.9 Å². The minimum atomic E-state index is -1.04. The number of carbonyl (C=O) groups excluding carboxylic acids is 4. The van der Waals surface area contributed by atoms with E-state index in [0.29, 0.717) is 36.0 Å². The van der Waals surface area contributed by atoms with Crippen LogP contribution in [0.1, 0.15) is 74.7 Å². The first kappa shape index (κ1) is 28.9. The Morgan fingerprint density at radius 1 is 0.865 bits per heavy atom. The van der Waals surface area contributed by atoms with E-state index in [1.807, 2.05) is 20.8 Å². The van der Waals surface area contributed by atoms with Crippen LogP contribution < -0.4 is 0 Å². The van der Waals surface area contributed by atoms with Crippen molar-refractivity contribution in [3.05, 3.63) is 23.3 Å². The van der Waals surface area contributed by atoms with Gasteiger partial charge in [0.1, 0.15) is 18.3 Å². The van der Waals surface area contributed by atoms with E-state index in [9.17, 15) is 24.3 Å². The SMILES string of the molecule is C=C1[C@H]2CC3[C@@H](O)[C@H](OC(C)=O)C(C)=C([C@@H](OC(C)=O)[C@H](OC(C)=O)[C@]2(C)CC[C@H]1OC(C)=O)C3(C)C. The lowest BCUT2D eigenvalue weighted by Crippen LogP contribution is -2.62. The zero-order valence-corrected chi connectivity index (χ0v) is 23.1. The number of hydrogen-bond acceptors (Lipinski definition) is 9. The van der Waals surface area contributed by atoms with Gasteiger partial charge in [-0.15, -0.1) is 0 Å². The highest BCUT2D eigenvalue weighted by Gasteiger charge is 2.62. The average molecular weight is 521 g/mol. The third-order valence-electron chi connectivity index (χ3n) is 8.68. The molecule has 3 rings (SSSR count). The van der Waals surface area contributed by atoms with Gasteiger partial charge in [0.15, 0.2) is 6.10 Å². The van der Waals surface area contributed by atoms with Gasteiger partial charge in [0, 0.05) is 33.1 Å². The topological polar surface area (TPSA) is 125 Å². The Kier molecular flexibility index (Phi) is 7.99. The summed E-state index contributed by atoms with van der Waals surface area (Å²) in [4.78, 5) is 48.7. The first-order chi connectivity index (χ1) is 17.0. The van der Waals surface area contributed by atoms with Crippen molar-refractivity contribution in [3.63, 3.8) is 0 Å². The Morgan fingerprint density at radius 2 is 1.38 bits per heavy atom. The molecule has 1 N–H and O–H groups in total. The van der Waals surface area contributed by atoms with Gasteiger partial charge in [-0.05, 0) is 60.2 Å².